The molecule has 0 bridgehead atoms. The van der Waals surface area contributed by atoms with Gasteiger partial charge < -0.3 is 19.6 Å². The minimum atomic E-state index is -0.0717. The van der Waals surface area contributed by atoms with Crippen molar-refractivity contribution >= 4 is 147 Å². The molecule has 100 heavy (non-hydrogen) atoms. The van der Waals surface area contributed by atoms with Crippen LogP contribution in [0.2, 0.25) is 0 Å². The fraction of sp³-hybridized carbons (Fsp3) is 0.0638. The van der Waals surface area contributed by atoms with E-state index in [9.17, 15) is 0 Å². The average Bonchev–Trinajstić information content (AvgIpc) is 1.50. The van der Waals surface area contributed by atoms with Gasteiger partial charge in [0.15, 0.2) is 0 Å². The molecule has 0 saturated carbocycles. The van der Waals surface area contributed by atoms with Gasteiger partial charge in [-0.15, -0.1) is 0 Å². The third kappa shape index (κ3) is 9.91. The molecule has 16 aromatic carbocycles. The molecule has 16 aromatic rings. The number of anilines is 12. The quantitative estimate of drug-likeness (QED) is 0.0795. The number of rotatable bonds is 14. The number of hydrogen-bond acceptors (Lipinski definition) is 4. The first-order valence-electron chi connectivity index (χ1n) is 35.0. The van der Waals surface area contributed by atoms with Crippen molar-refractivity contribution in [3.8, 4) is 22.3 Å². The van der Waals surface area contributed by atoms with Gasteiger partial charge in [0.05, 0.1) is 0 Å². The van der Waals surface area contributed by atoms with E-state index in [1.807, 2.05) is 0 Å². The molecule has 2 aliphatic rings. The lowest BCUT2D eigenvalue weighted by Gasteiger charge is -2.29. The van der Waals surface area contributed by atoms with Crippen LogP contribution in [0.3, 0.4) is 0 Å². The molecule has 2 aliphatic heterocycles. The van der Waals surface area contributed by atoms with Gasteiger partial charge in [0.25, 0.3) is 0 Å². The maximum atomic E-state index is 2.56. The van der Waals surface area contributed by atoms with E-state index in [4.69, 9.17) is 0 Å². The van der Waals surface area contributed by atoms with E-state index in [-0.39, 0.29) is 13.4 Å². The van der Waals surface area contributed by atoms with Crippen molar-refractivity contribution in [2.75, 3.05) is 19.6 Å². The largest absolute Gasteiger partial charge is 0.310 e. The van der Waals surface area contributed by atoms with Crippen LogP contribution in [0.4, 0.5) is 68.2 Å². The summed E-state index contributed by atoms with van der Waals surface area (Å²) in [6.45, 7) is 14.0. The smallest absolute Gasteiger partial charge is 0.244 e. The van der Waals surface area contributed by atoms with Crippen molar-refractivity contribution in [1.82, 2.24) is 0 Å². The lowest BCUT2D eigenvalue weighted by atomic mass is 9.36. The molecule has 0 fully saturated rings. The Labute approximate surface area is 587 Å². The van der Waals surface area contributed by atoms with Crippen molar-refractivity contribution in [2.45, 2.75) is 41.5 Å². The van der Waals surface area contributed by atoms with E-state index in [0.717, 1.165) is 68.2 Å². The molecule has 4 nitrogen and oxygen atoms in total. The Hall–Kier alpha value is -12.1. The third-order valence-electron chi connectivity index (χ3n) is 21.3. The predicted molar refractivity (Wildman–Crippen MR) is 430 cm³/mol. The van der Waals surface area contributed by atoms with E-state index in [0.29, 0.717) is 0 Å². The highest BCUT2D eigenvalue weighted by atomic mass is 15.2. The van der Waals surface area contributed by atoms with Gasteiger partial charge >= 0.3 is 0 Å². The Bertz CT molecular complexity index is 5230. The molecular formula is C94H72B2N4. The van der Waals surface area contributed by atoms with Gasteiger partial charge in [-0.3, -0.25) is 0 Å². The molecule has 0 saturated heterocycles. The molecule has 0 radical (unpaired) electrons. The highest BCUT2D eigenvalue weighted by Crippen LogP contribution is 2.47. The van der Waals surface area contributed by atoms with E-state index in [2.05, 4.69) is 389 Å². The van der Waals surface area contributed by atoms with Crippen molar-refractivity contribution in [3.05, 3.63) is 361 Å². The summed E-state index contributed by atoms with van der Waals surface area (Å²) < 4.78 is 0. The molecule has 18 rings (SSSR count). The van der Waals surface area contributed by atoms with Gasteiger partial charge in [-0.1, -0.05) is 236 Å². The summed E-state index contributed by atoms with van der Waals surface area (Å²) in [6.07, 6.45) is 0. The summed E-state index contributed by atoms with van der Waals surface area (Å²) in [6, 6.07) is 121. The minimum Gasteiger partial charge on any atom is -0.310 e. The second-order valence-corrected chi connectivity index (χ2v) is 27.4. The Kier molecular flexibility index (Phi) is 14.8. The lowest BCUT2D eigenvalue weighted by Crippen LogP contribution is -2.52. The van der Waals surface area contributed by atoms with E-state index in [1.165, 1.54) is 121 Å². The van der Waals surface area contributed by atoms with Gasteiger partial charge in [0.2, 0.25) is 13.4 Å². The standard InChI is InChI=1S/C94H72B2N4/c1-61-51-77(97(69-31-15-7-16-32-69)70-33-17-8-18-34-70)52-62(2)89(61)95-91-65(5)55-79(99(73-39-23-11-24-40-73)74-41-25-12-26-42-74)59-85(91)83-57-67-48-50-82-88-68(47-49-81(87(67)88)93(83)95)58-84-86-60-80(100(75-43-27-13-28-44-75)76-45-29-14-30-46-76)56-66(6)92(86)96(94(82)84)90-63(3)53-78(54-64(90)4)98(71-35-19-9-20-36-71)72-37-21-10-22-38-72/h7-60H,1-6H3. The second kappa shape index (κ2) is 24.5. The average molecular weight is 1280 g/mol. The molecular weight excluding hydrogens is 1210 g/mol. The van der Waals surface area contributed by atoms with E-state index < -0.39 is 0 Å². The number of nitrogens with zero attached hydrogens (tertiary/aromatic N) is 4. The summed E-state index contributed by atoms with van der Waals surface area (Å²) in [4.78, 5) is 9.67. The Morgan fingerprint density at radius 1 is 0.180 bits per heavy atom. The van der Waals surface area contributed by atoms with Crippen LogP contribution in [0.1, 0.15) is 33.4 Å². The Balaban J connectivity index is 0.889. The number of fused-ring (bicyclic) bond motifs is 8. The molecule has 474 valence electrons. The maximum Gasteiger partial charge on any atom is 0.244 e. The first kappa shape index (κ1) is 60.3. The van der Waals surface area contributed by atoms with Gasteiger partial charge in [-0.2, -0.15) is 0 Å². The predicted octanol–water partition coefficient (Wildman–Crippen LogP) is 21.3. The number of para-hydroxylation sites is 8. The zero-order chi connectivity index (χ0) is 67.3. The Morgan fingerprint density at radius 2 is 0.380 bits per heavy atom. The van der Waals surface area contributed by atoms with Gasteiger partial charge in [0, 0.05) is 68.2 Å². The fourth-order valence-corrected chi connectivity index (χ4v) is 17.4. The van der Waals surface area contributed by atoms with Crippen LogP contribution in [0.5, 0.6) is 0 Å². The molecule has 0 aliphatic carbocycles. The summed E-state index contributed by atoms with van der Waals surface area (Å²) in [7, 11) is 0. The van der Waals surface area contributed by atoms with Gasteiger partial charge in [-0.25, -0.2) is 0 Å². The van der Waals surface area contributed by atoms with Crippen LogP contribution in [0, 0.1) is 41.5 Å². The molecule has 6 heteroatoms. The number of hydrogen-bond donors (Lipinski definition) is 0. The molecule has 0 unspecified atom stereocenters. The fourth-order valence-electron chi connectivity index (χ4n) is 17.4. The highest BCUT2D eigenvalue weighted by Gasteiger charge is 2.43. The molecule has 0 N–H and O–H groups in total. The number of benzene rings is 16. The van der Waals surface area contributed by atoms with Crippen molar-refractivity contribution in [2.24, 2.45) is 0 Å². The van der Waals surface area contributed by atoms with E-state index in [1.54, 1.807) is 0 Å². The van der Waals surface area contributed by atoms with Crippen molar-refractivity contribution in [1.29, 1.82) is 0 Å². The topological polar surface area (TPSA) is 13.0 Å². The van der Waals surface area contributed by atoms with Crippen LogP contribution >= 0.6 is 0 Å². The number of aryl methyl sites for hydroxylation is 6. The lowest BCUT2D eigenvalue weighted by molar-refractivity contribution is 1.26. The summed E-state index contributed by atoms with van der Waals surface area (Å²) in [5, 5.41) is 7.76. The van der Waals surface area contributed by atoms with Crippen LogP contribution in [0.15, 0.2) is 328 Å². The van der Waals surface area contributed by atoms with Crippen molar-refractivity contribution in [3.63, 3.8) is 0 Å². The van der Waals surface area contributed by atoms with E-state index >= 15 is 0 Å². The minimum absolute atomic E-state index is 0.0717. The molecule has 2 heterocycles. The van der Waals surface area contributed by atoms with Crippen LogP contribution in [-0.2, 0) is 0 Å². The SMILES string of the molecule is Cc1cc(N(c2ccccc2)c2ccccc2)cc(C)c1B1c2c(C)cc(N(c3ccccc3)c3ccccc3)cc2-c2cc3ccc4c5c(cc6ccc(c21)c3c64)-c1cc(N(c2ccccc2)c2ccccc2)cc(C)c1B5c1c(C)cc(N(c2ccccc2)c2ccccc2)cc1C. The second-order valence-electron chi connectivity index (χ2n) is 27.4. The molecule has 0 aromatic heterocycles. The van der Waals surface area contributed by atoms with Crippen LogP contribution in [0.25, 0.3) is 54.6 Å². The summed E-state index contributed by atoms with van der Waals surface area (Å²) >= 11 is 0. The van der Waals surface area contributed by atoms with Gasteiger partial charge in [0.1, 0.15) is 0 Å². The maximum absolute atomic E-state index is 2.56. The monoisotopic (exact) mass is 1280 g/mol. The first-order chi connectivity index (χ1) is 49.1. The third-order valence-corrected chi connectivity index (χ3v) is 21.3. The summed E-state index contributed by atoms with van der Waals surface area (Å²) in [5.74, 6) is 0. The van der Waals surface area contributed by atoms with Crippen LogP contribution in [-0.4, -0.2) is 13.4 Å². The van der Waals surface area contributed by atoms with Gasteiger partial charge in [-0.05, 0) is 254 Å². The first-order valence-corrected chi connectivity index (χ1v) is 35.0. The van der Waals surface area contributed by atoms with Crippen LogP contribution < -0.4 is 52.4 Å². The van der Waals surface area contributed by atoms with Crippen molar-refractivity contribution < 1.29 is 0 Å². The molecule has 0 atom stereocenters. The highest BCUT2D eigenvalue weighted by molar-refractivity contribution is 7.02. The Morgan fingerprint density at radius 3 is 0.610 bits per heavy atom. The summed E-state index contributed by atoms with van der Waals surface area (Å²) in [5.41, 5.74) is 34.5. The molecule has 0 amide bonds. The molecule has 0 spiro atoms. The normalized spacial score (nSPS) is 12.1. The zero-order valence-electron chi connectivity index (χ0n) is 57.1. The zero-order valence-corrected chi connectivity index (χ0v) is 57.1.